The molecule has 0 bridgehead atoms. The molecule has 0 atom stereocenters. The average molecular weight is 205 g/mol. The van der Waals surface area contributed by atoms with E-state index in [4.69, 9.17) is 4.74 Å². The van der Waals surface area contributed by atoms with Gasteiger partial charge in [0.05, 0.1) is 13.2 Å². The maximum atomic E-state index is 5.18. The molecule has 1 aliphatic heterocycles. The van der Waals surface area contributed by atoms with E-state index in [1.54, 1.807) is 0 Å². The first-order chi connectivity index (χ1) is 7.38. The minimum absolute atomic E-state index is 0.758. The Hall–Kier alpha value is -0.860. The molecule has 0 spiro atoms. The van der Waals surface area contributed by atoms with E-state index in [-0.39, 0.29) is 0 Å². The Labute approximate surface area is 91.6 Å². The highest BCUT2D eigenvalue weighted by molar-refractivity contribution is 5.23. The van der Waals surface area contributed by atoms with E-state index in [0.717, 1.165) is 32.1 Å². The Morgan fingerprint density at radius 2 is 1.87 bits per heavy atom. The highest BCUT2D eigenvalue weighted by Crippen LogP contribution is 2.17. The molecule has 15 heavy (non-hydrogen) atoms. The molecule has 0 aliphatic carbocycles. The van der Waals surface area contributed by atoms with Crippen LogP contribution in [-0.2, 0) is 17.6 Å². The van der Waals surface area contributed by atoms with Gasteiger partial charge in [0.15, 0.2) is 0 Å². The molecule has 1 fully saturated rings. The molecule has 1 aromatic carbocycles. The summed E-state index contributed by atoms with van der Waals surface area (Å²) in [5.41, 5.74) is 2.86. The van der Waals surface area contributed by atoms with Gasteiger partial charge < -0.3 is 10.1 Å². The summed E-state index contributed by atoms with van der Waals surface area (Å²) in [6, 6.07) is 8.99. The third-order valence-electron chi connectivity index (χ3n) is 2.92. The Bertz CT molecular complexity index is 290. The minimum atomic E-state index is 0.758. The summed E-state index contributed by atoms with van der Waals surface area (Å²) in [6.07, 6.45) is 2.29. The molecule has 82 valence electrons. The number of ether oxygens (including phenoxy) is 1. The van der Waals surface area contributed by atoms with Crippen LogP contribution >= 0.6 is 0 Å². The second kappa shape index (κ2) is 5.29. The Balaban J connectivity index is 1.85. The van der Waals surface area contributed by atoms with Gasteiger partial charge in [-0.3, -0.25) is 0 Å². The number of benzene rings is 1. The molecule has 2 nitrogen and oxygen atoms in total. The van der Waals surface area contributed by atoms with E-state index in [2.05, 4.69) is 29.6 Å². The summed E-state index contributed by atoms with van der Waals surface area (Å²) in [5, 5.41) is 3.16. The average Bonchev–Trinajstić information content (AvgIpc) is 2.22. The zero-order valence-electron chi connectivity index (χ0n) is 9.33. The number of nitrogens with one attached hydrogen (secondary N) is 1. The number of hydrogen-bond donors (Lipinski definition) is 1. The number of rotatable bonds is 5. The van der Waals surface area contributed by atoms with Crippen LogP contribution in [0.5, 0.6) is 0 Å². The van der Waals surface area contributed by atoms with E-state index in [0.29, 0.717) is 0 Å². The van der Waals surface area contributed by atoms with Crippen molar-refractivity contribution in [2.45, 2.75) is 12.8 Å². The van der Waals surface area contributed by atoms with Crippen molar-refractivity contribution in [1.29, 1.82) is 0 Å². The maximum Gasteiger partial charge on any atom is 0.0519 e. The third kappa shape index (κ3) is 3.05. The van der Waals surface area contributed by atoms with E-state index >= 15 is 0 Å². The fourth-order valence-electron chi connectivity index (χ4n) is 1.85. The molecule has 0 unspecified atom stereocenters. The van der Waals surface area contributed by atoms with Crippen LogP contribution in [0.2, 0.25) is 0 Å². The third-order valence-corrected chi connectivity index (χ3v) is 2.92. The molecule has 0 radical (unpaired) electrons. The summed E-state index contributed by atoms with van der Waals surface area (Å²) in [7, 11) is 1.99. The van der Waals surface area contributed by atoms with Crippen LogP contribution in [0.25, 0.3) is 0 Å². The first kappa shape index (κ1) is 10.7. The Morgan fingerprint density at radius 1 is 1.20 bits per heavy atom. The monoisotopic (exact) mass is 205 g/mol. The lowest BCUT2D eigenvalue weighted by atomic mass is 9.97. The normalized spacial score (nSPS) is 16.3. The molecule has 1 N–H and O–H groups in total. The van der Waals surface area contributed by atoms with Crippen LogP contribution in [0.3, 0.4) is 0 Å². The van der Waals surface area contributed by atoms with Crippen molar-refractivity contribution in [2.75, 3.05) is 26.8 Å². The summed E-state index contributed by atoms with van der Waals surface area (Å²) in [5.74, 6) is 0.758. The zero-order valence-corrected chi connectivity index (χ0v) is 9.33. The maximum absolute atomic E-state index is 5.18. The fraction of sp³-hybridized carbons (Fsp3) is 0.538. The van der Waals surface area contributed by atoms with E-state index in [1.165, 1.54) is 17.5 Å². The van der Waals surface area contributed by atoms with Crippen molar-refractivity contribution in [2.24, 2.45) is 5.92 Å². The summed E-state index contributed by atoms with van der Waals surface area (Å²) in [4.78, 5) is 0. The second-order valence-electron chi connectivity index (χ2n) is 4.28. The zero-order chi connectivity index (χ0) is 10.5. The molecule has 1 aliphatic rings. The first-order valence-corrected chi connectivity index (χ1v) is 5.68. The molecule has 0 saturated carbocycles. The van der Waals surface area contributed by atoms with Gasteiger partial charge in [-0.15, -0.1) is 0 Å². The van der Waals surface area contributed by atoms with Crippen molar-refractivity contribution in [3.63, 3.8) is 0 Å². The molecule has 0 amide bonds. The highest BCUT2D eigenvalue weighted by atomic mass is 16.5. The van der Waals surface area contributed by atoms with Crippen LogP contribution in [-0.4, -0.2) is 26.8 Å². The molecule has 1 saturated heterocycles. The van der Waals surface area contributed by atoms with Crippen molar-refractivity contribution in [3.8, 4) is 0 Å². The Kier molecular flexibility index (Phi) is 3.75. The molecule has 1 aromatic rings. The topological polar surface area (TPSA) is 21.3 Å². The van der Waals surface area contributed by atoms with Crippen molar-refractivity contribution in [1.82, 2.24) is 5.32 Å². The minimum Gasteiger partial charge on any atom is -0.381 e. The Morgan fingerprint density at radius 3 is 2.40 bits per heavy atom. The van der Waals surface area contributed by atoms with Gasteiger partial charge in [-0.25, -0.2) is 0 Å². The van der Waals surface area contributed by atoms with Gasteiger partial charge in [0.1, 0.15) is 0 Å². The van der Waals surface area contributed by atoms with Crippen molar-refractivity contribution >= 4 is 0 Å². The molecular formula is C13H19NO. The number of hydrogen-bond acceptors (Lipinski definition) is 2. The van der Waals surface area contributed by atoms with Crippen LogP contribution in [0.15, 0.2) is 24.3 Å². The SMILES string of the molecule is CNCCc1ccc(CC2COC2)cc1. The van der Waals surface area contributed by atoms with Gasteiger partial charge in [-0.2, -0.15) is 0 Å². The summed E-state index contributed by atoms with van der Waals surface area (Å²) < 4.78 is 5.18. The van der Waals surface area contributed by atoms with Gasteiger partial charge >= 0.3 is 0 Å². The fourth-order valence-corrected chi connectivity index (χ4v) is 1.85. The van der Waals surface area contributed by atoms with Gasteiger partial charge in [-0.05, 0) is 37.6 Å². The van der Waals surface area contributed by atoms with Crippen molar-refractivity contribution in [3.05, 3.63) is 35.4 Å². The van der Waals surface area contributed by atoms with Gasteiger partial charge in [-0.1, -0.05) is 24.3 Å². The van der Waals surface area contributed by atoms with E-state index in [9.17, 15) is 0 Å². The van der Waals surface area contributed by atoms with Gasteiger partial charge in [0, 0.05) is 5.92 Å². The van der Waals surface area contributed by atoms with Crippen LogP contribution in [0, 0.1) is 5.92 Å². The smallest absolute Gasteiger partial charge is 0.0519 e. The van der Waals surface area contributed by atoms with Crippen LogP contribution in [0.4, 0.5) is 0 Å². The lowest BCUT2D eigenvalue weighted by Gasteiger charge is -2.25. The summed E-state index contributed by atoms with van der Waals surface area (Å²) >= 11 is 0. The van der Waals surface area contributed by atoms with Crippen LogP contribution in [0.1, 0.15) is 11.1 Å². The standard InChI is InChI=1S/C13H19NO/c1-14-7-6-11-2-4-12(5-3-11)8-13-9-15-10-13/h2-5,13-14H,6-10H2,1H3. The first-order valence-electron chi connectivity index (χ1n) is 5.68. The van der Waals surface area contributed by atoms with E-state index in [1.807, 2.05) is 7.05 Å². The van der Waals surface area contributed by atoms with Crippen LogP contribution < -0.4 is 5.32 Å². The highest BCUT2D eigenvalue weighted by Gasteiger charge is 2.18. The predicted molar refractivity (Wildman–Crippen MR) is 62.1 cm³/mol. The lowest BCUT2D eigenvalue weighted by molar-refractivity contribution is -0.0312. The molecule has 2 heteroatoms. The van der Waals surface area contributed by atoms with E-state index < -0.39 is 0 Å². The van der Waals surface area contributed by atoms with Crippen molar-refractivity contribution < 1.29 is 4.74 Å². The lowest BCUT2D eigenvalue weighted by Crippen LogP contribution is -2.29. The summed E-state index contributed by atoms with van der Waals surface area (Å²) in [6.45, 7) is 2.94. The molecule has 1 heterocycles. The van der Waals surface area contributed by atoms with Gasteiger partial charge in [0.25, 0.3) is 0 Å². The largest absolute Gasteiger partial charge is 0.381 e. The quantitative estimate of drug-likeness (QED) is 0.789. The van der Waals surface area contributed by atoms with Gasteiger partial charge in [0.2, 0.25) is 0 Å². The molecular weight excluding hydrogens is 186 g/mol. The predicted octanol–water partition coefficient (Wildman–Crippen LogP) is 1.64. The second-order valence-corrected chi connectivity index (χ2v) is 4.28. The molecule has 2 rings (SSSR count). The number of likely N-dealkylation sites (N-methyl/N-ethyl adjacent to an activating group) is 1. The molecule has 0 aromatic heterocycles.